The number of alkyl halides is 3. The molecule has 4 aromatic rings. The van der Waals surface area contributed by atoms with Crippen LogP contribution in [0.25, 0.3) is 0 Å². The van der Waals surface area contributed by atoms with Crippen LogP contribution >= 0.6 is 23.2 Å². The van der Waals surface area contributed by atoms with Crippen LogP contribution in [0.3, 0.4) is 0 Å². The van der Waals surface area contributed by atoms with E-state index in [0.717, 1.165) is 4.57 Å². The van der Waals surface area contributed by atoms with Crippen LogP contribution in [0, 0.1) is 11.8 Å². The Morgan fingerprint density at radius 2 is 1.78 bits per heavy atom. The van der Waals surface area contributed by atoms with E-state index in [1.165, 1.54) is 34.8 Å². The van der Waals surface area contributed by atoms with Gasteiger partial charge < -0.3 is 9.84 Å². The van der Waals surface area contributed by atoms with Gasteiger partial charge in [0, 0.05) is 36.2 Å². The van der Waals surface area contributed by atoms with Crippen LogP contribution in [0.1, 0.15) is 29.2 Å². The number of ether oxygens (including phenoxy) is 1. The van der Waals surface area contributed by atoms with Crippen molar-refractivity contribution in [1.29, 1.82) is 0 Å². The van der Waals surface area contributed by atoms with Gasteiger partial charge in [-0.2, -0.15) is 18.2 Å². The predicted molar refractivity (Wildman–Crippen MR) is 176 cm³/mol. The number of amides is 2. The van der Waals surface area contributed by atoms with Gasteiger partial charge in [0.05, 0.1) is 40.8 Å². The fourth-order valence-electron chi connectivity index (χ4n) is 7.97. The minimum atomic E-state index is -4.75. The molecule has 2 aromatic carbocycles. The molecule has 1 saturated heterocycles. The predicted octanol–water partition coefficient (Wildman–Crippen LogP) is 4.74. The third-order valence-corrected chi connectivity index (χ3v) is 10.7. The zero-order valence-corrected chi connectivity index (χ0v) is 27.8. The van der Waals surface area contributed by atoms with Gasteiger partial charge in [0.25, 0.3) is 11.8 Å². The standard InChI is InChI=1S/C34H25Cl2F3N6O6/c1-42-31(49)43-9-8-22-25(45(43)32(42)50)13-23-29(47)44(41-28-24(36)12-19(14-40-28)34(37,38)39)30(48)33(23,18-2-4-20(35)5-3-18)27(22)17-10-16-11-21(46)6-7-26(16)51-15-17/h2-8,11-12,14-15,23,25,27,46H,9-10,13H2,1H3,(H,40,41)/t23-,25+,27-,33+/m0/s1. The third-order valence-electron chi connectivity index (χ3n) is 10.2. The number of carbonyl (C=O) groups excluding carboxylic acids is 2. The number of pyridine rings is 1. The Labute approximate surface area is 295 Å². The molecule has 4 atom stereocenters. The lowest BCUT2D eigenvalue weighted by Crippen LogP contribution is -2.55. The largest absolute Gasteiger partial charge is 0.508 e. The molecule has 262 valence electrons. The molecule has 0 bridgehead atoms. The number of benzene rings is 2. The molecule has 0 spiro atoms. The summed E-state index contributed by atoms with van der Waals surface area (Å²) in [6.07, 6.45) is -0.915. The fourth-order valence-corrected chi connectivity index (χ4v) is 8.30. The SMILES string of the molecule is Cn1c(=O)n2n(c1=O)[C@@H]1C[C@H]3C(=O)N(Nc4ncc(C(F)(F)F)cc4Cl)C(=O)[C@@]3(c3ccc(Cl)cc3)[C@@H](C3=COc4ccc(O)cc4C3)C1=CC2. The second-order valence-corrected chi connectivity index (χ2v) is 13.6. The topological polar surface area (TPSA) is 141 Å². The Morgan fingerprint density at radius 1 is 1.04 bits per heavy atom. The number of rotatable bonds is 4. The lowest BCUT2D eigenvalue weighted by Gasteiger charge is -2.49. The minimum Gasteiger partial charge on any atom is -0.508 e. The summed E-state index contributed by atoms with van der Waals surface area (Å²) >= 11 is 12.5. The van der Waals surface area contributed by atoms with Crippen molar-refractivity contribution in [3.63, 3.8) is 0 Å². The maximum absolute atomic E-state index is 15.2. The number of imide groups is 1. The highest BCUT2D eigenvalue weighted by atomic mass is 35.5. The molecule has 4 aliphatic rings. The molecule has 2 fully saturated rings. The van der Waals surface area contributed by atoms with Crippen LogP contribution < -0.4 is 21.5 Å². The molecule has 5 heterocycles. The van der Waals surface area contributed by atoms with Gasteiger partial charge in [-0.3, -0.25) is 15.0 Å². The highest BCUT2D eigenvalue weighted by molar-refractivity contribution is 6.33. The molecule has 2 N–H and O–H groups in total. The van der Waals surface area contributed by atoms with E-state index in [1.807, 2.05) is 0 Å². The number of allylic oxidation sites excluding steroid dienone is 3. The van der Waals surface area contributed by atoms with E-state index in [0.29, 0.717) is 50.3 Å². The van der Waals surface area contributed by atoms with Crippen molar-refractivity contribution >= 4 is 40.8 Å². The van der Waals surface area contributed by atoms with Crippen LogP contribution in [0.15, 0.2) is 87.8 Å². The number of carbonyl (C=O) groups is 2. The van der Waals surface area contributed by atoms with Crippen molar-refractivity contribution in [2.45, 2.75) is 37.0 Å². The van der Waals surface area contributed by atoms with Crippen molar-refractivity contribution in [2.75, 3.05) is 5.43 Å². The van der Waals surface area contributed by atoms with Crippen LogP contribution in [0.2, 0.25) is 10.0 Å². The van der Waals surface area contributed by atoms with Crippen LogP contribution in [0.4, 0.5) is 19.0 Å². The van der Waals surface area contributed by atoms with Gasteiger partial charge in [0.15, 0.2) is 5.82 Å². The molecule has 2 amide bonds. The first kappa shape index (κ1) is 32.9. The molecular weight excluding hydrogens is 716 g/mol. The van der Waals surface area contributed by atoms with Crippen molar-refractivity contribution in [3.8, 4) is 11.5 Å². The summed E-state index contributed by atoms with van der Waals surface area (Å²) in [4.78, 5) is 60.3. The number of phenolic OH excluding ortho intramolecular Hbond substituents is 1. The zero-order chi connectivity index (χ0) is 36.1. The summed E-state index contributed by atoms with van der Waals surface area (Å²) in [5, 5.41) is 10.9. The van der Waals surface area contributed by atoms with Gasteiger partial charge >= 0.3 is 17.6 Å². The number of hydrogen-bond donors (Lipinski definition) is 2. The normalized spacial score (nSPS) is 23.8. The van der Waals surface area contributed by atoms with E-state index < -0.39 is 63.2 Å². The lowest BCUT2D eigenvalue weighted by atomic mass is 9.52. The summed E-state index contributed by atoms with van der Waals surface area (Å²) in [7, 11) is 1.35. The van der Waals surface area contributed by atoms with Crippen LogP contribution in [0.5, 0.6) is 11.5 Å². The number of fused-ring (bicyclic) bond motifs is 5. The average molecular weight is 742 g/mol. The first-order valence-corrected chi connectivity index (χ1v) is 16.4. The summed E-state index contributed by atoms with van der Waals surface area (Å²) in [5.74, 6) is -3.66. The Bertz CT molecular complexity index is 2370. The molecule has 51 heavy (non-hydrogen) atoms. The number of hydrogen-bond acceptors (Lipinski definition) is 8. The summed E-state index contributed by atoms with van der Waals surface area (Å²) in [6, 6.07) is 10.7. The molecule has 3 aliphatic heterocycles. The molecule has 1 saturated carbocycles. The smallest absolute Gasteiger partial charge is 0.417 e. The highest BCUT2D eigenvalue weighted by Gasteiger charge is 2.69. The van der Waals surface area contributed by atoms with Crippen molar-refractivity contribution in [1.82, 2.24) is 23.9 Å². The zero-order valence-electron chi connectivity index (χ0n) is 26.3. The number of halogens is 5. The van der Waals surface area contributed by atoms with Gasteiger partial charge in [-0.25, -0.2) is 28.5 Å². The Balaban J connectivity index is 1.34. The van der Waals surface area contributed by atoms with E-state index in [9.17, 15) is 32.7 Å². The van der Waals surface area contributed by atoms with Gasteiger partial charge in [-0.15, -0.1) is 0 Å². The first-order valence-electron chi connectivity index (χ1n) is 15.6. The quantitative estimate of drug-likeness (QED) is 0.226. The van der Waals surface area contributed by atoms with E-state index in [1.54, 1.807) is 36.4 Å². The molecule has 0 radical (unpaired) electrons. The van der Waals surface area contributed by atoms with Crippen LogP contribution in [-0.4, -0.2) is 40.8 Å². The monoisotopic (exact) mass is 740 g/mol. The van der Waals surface area contributed by atoms with E-state index in [4.69, 9.17) is 27.9 Å². The Kier molecular flexibility index (Phi) is 7.33. The highest BCUT2D eigenvalue weighted by Crippen LogP contribution is 2.61. The Hall–Kier alpha value is -5.28. The number of hydrazine groups is 1. The molecule has 12 nitrogen and oxygen atoms in total. The molecular formula is C34H25Cl2F3N6O6. The molecule has 8 rings (SSSR count). The number of anilines is 1. The van der Waals surface area contributed by atoms with Crippen molar-refractivity contribution in [2.24, 2.45) is 18.9 Å². The summed E-state index contributed by atoms with van der Waals surface area (Å²) in [6.45, 7) is -0.0146. The molecule has 17 heteroatoms. The maximum Gasteiger partial charge on any atom is 0.417 e. The Morgan fingerprint density at radius 3 is 2.49 bits per heavy atom. The van der Waals surface area contributed by atoms with Crippen molar-refractivity contribution in [3.05, 3.63) is 126 Å². The molecule has 2 aromatic heterocycles. The summed E-state index contributed by atoms with van der Waals surface area (Å²) < 4.78 is 49.8. The third kappa shape index (κ3) is 4.78. The fraction of sp³-hybridized carbons (Fsp3) is 0.265. The number of nitrogens with zero attached hydrogens (tertiary/aromatic N) is 5. The van der Waals surface area contributed by atoms with Gasteiger partial charge in [0.1, 0.15) is 11.5 Å². The van der Waals surface area contributed by atoms with Crippen molar-refractivity contribution < 1.29 is 32.6 Å². The second-order valence-electron chi connectivity index (χ2n) is 12.8. The number of nitrogens with one attached hydrogen (secondary N) is 1. The first-order chi connectivity index (χ1) is 24.2. The van der Waals surface area contributed by atoms with E-state index >= 15 is 4.79 Å². The number of phenols is 1. The molecule has 0 unspecified atom stereocenters. The van der Waals surface area contributed by atoms with Gasteiger partial charge in [0.2, 0.25) is 0 Å². The number of aromatic hydroxyl groups is 1. The van der Waals surface area contributed by atoms with E-state index in [2.05, 4.69) is 10.4 Å². The molecule has 1 aliphatic carbocycles. The minimum absolute atomic E-state index is 0.0146. The lowest BCUT2D eigenvalue weighted by molar-refractivity contribution is -0.139. The maximum atomic E-state index is 15.2. The van der Waals surface area contributed by atoms with Gasteiger partial charge in [-0.05, 0) is 59.5 Å². The number of aromatic nitrogens is 4. The average Bonchev–Trinajstić information content (AvgIpc) is 3.45. The van der Waals surface area contributed by atoms with Gasteiger partial charge in [-0.1, -0.05) is 41.4 Å². The van der Waals surface area contributed by atoms with E-state index in [-0.39, 0.29) is 31.0 Å². The summed E-state index contributed by atoms with van der Waals surface area (Å²) in [5.41, 5.74) is 0.616. The van der Waals surface area contributed by atoms with Crippen LogP contribution in [-0.2, 0) is 41.2 Å². The second kappa shape index (κ2) is 11.4.